The maximum atomic E-state index is 4.10. The molecule has 65 valence electrons. The molecular formula is C10H10N3. The number of aromatic nitrogens is 3. The van der Waals surface area contributed by atoms with E-state index in [0.717, 1.165) is 6.54 Å². The van der Waals surface area contributed by atoms with Gasteiger partial charge in [-0.2, -0.15) is 5.10 Å². The summed E-state index contributed by atoms with van der Waals surface area (Å²) in [5.74, 6) is 0.566. The van der Waals surface area contributed by atoms with E-state index in [4.69, 9.17) is 0 Å². The number of nitrogens with zero attached hydrogens (tertiary/aromatic N) is 3. The molecule has 0 unspecified atom stereocenters. The summed E-state index contributed by atoms with van der Waals surface area (Å²) in [6, 6.07) is 10.1. The molecule has 0 aliphatic carbocycles. The van der Waals surface area contributed by atoms with Crippen molar-refractivity contribution < 1.29 is 0 Å². The third-order valence-electron chi connectivity index (χ3n) is 1.77. The molecule has 0 saturated carbocycles. The highest BCUT2D eigenvalue weighted by atomic mass is 15.3. The average molecular weight is 172 g/mol. The highest BCUT2D eigenvalue weighted by Gasteiger charge is 1.95. The van der Waals surface area contributed by atoms with E-state index in [2.05, 4.69) is 29.1 Å². The van der Waals surface area contributed by atoms with E-state index in [1.165, 1.54) is 5.56 Å². The molecule has 0 bridgehead atoms. The van der Waals surface area contributed by atoms with Crippen LogP contribution in [0, 0.1) is 6.92 Å². The minimum absolute atomic E-state index is 0.566. The predicted octanol–water partition coefficient (Wildman–Crippen LogP) is 1.51. The number of benzene rings is 1. The second kappa shape index (κ2) is 3.39. The molecule has 1 aromatic carbocycles. The summed E-state index contributed by atoms with van der Waals surface area (Å²) in [6.07, 6.45) is 1.69. The quantitative estimate of drug-likeness (QED) is 0.687. The van der Waals surface area contributed by atoms with Crippen molar-refractivity contribution >= 4 is 0 Å². The number of hydrogen-bond donors (Lipinski definition) is 0. The topological polar surface area (TPSA) is 30.7 Å². The minimum Gasteiger partial charge on any atom is -0.248 e. The van der Waals surface area contributed by atoms with Gasteiger partial charge in [0.15, 0.2) is 5.82 Å². The average Bonchev–Trinajstić information content (AvgIpc) is 2.53. The van der Waals surface area contributed by atoms with Gasteiger partial charge < -0.3 is 0 Å². The monoisotopic (exact) mass is 172 g/mol. The Kier molecular flexibility index (Phi) is 2.08. The minimum atomic E-state index is 0.566. The number of rotatable bonds is 2. The van der Waals surface area contributed by atoms with E-state index in [1.807, 2.05) is 18.2 Å². The SMILES string of the molecule is [CH2]c1ncn(Cc2ccccc2)n1. The van der Waals surface area contributed by atoms with Crippen LogP contribution in [0.2, 0.25) is 0 Å². The van der Waals surface area contributed by atoms with Crippen molar-refractivity contribution in [1.29, 1.82) is 0 Å². The lowest BCUT2D eigenvalue weighted by Gasteiger charge is -1.99. The molecule has 0 N–H and O–H groups in total. The van der Waals surface area contributed by atoms with Gasteiger partial charge in [-0.05, 0) is 5.56 Å². The molecule has 3 heteroatoms. The van der Waals surface area contributed by atoms with Gasteiger partial charge in [-0.25, -0.2) is 9.67 Å². The van der Waals surface area contributed by atoms with Crippen molar-refractivity contribution in [2.24, 2.45) is 0 Å². The Morgan fingerprint density at radius 1 is 1.23 bits per heavy atom. The molecule has 3 nitrogen and oxygen atoms in total. The van der Waals surface area contributed by atoms with E-state index in [-0.39, 0.29) is 0 Å². The lowest BCUT2D eigenvalue weighted by molar-refractivity contribution is 0.682. The molecule has 0 fully saturated rings. The molecule has 2 rings (SSSR count). The second-order valence-corrected chi connectivity index (χ2v) is 2.84. The van der Waals surface area contributed by atoms with Gasteiger partial charge in [-0.15, -0.1) is 0 Å². The zero-order valence-electron chi connectivity index (χ0n) is 7.22. The van der Waals surface area contributed by atoms with Crippen LogP contribution in [0.15, 0.2) is 36.7 Å². The van der Waals surface area contributed by atoms with Gasteiger partial charge in [0.05, 0.1) is 6.54 Å². The second-order valence-electron chi connectivity index (χ2n) is 2.84. The fourth-order valence-corrected chi connectivity index (χ4v) is 1.18. The van der Waals surface area contributed by atoms with Crippen molar-refractivity contribution in [2.45, 2.75) is 6.54 Å². The number of hydrogen-bond acceptors (Lipinski definition) is 2. The van der Waals surface area contributed by atoms with Crippen LogP contribution in [0.1, 0.15) is 11.4 Å². The summed E-state index contributed by atoms with van der Waals surface area (Å²) >= 11 is 0. The van der Waals surface area contributed by atoms with Crippen LogP contribution in [-0.4, -0.2) is 14.8 Å². The maximum absolute atomic E-state index is 4.10. The summed E-state index contributed by atoms with van der Waals surface area (Å²) < 4.78 is 1.78. The summed E-state index contributed by atoms with van der Waals surface area (Å²) in [5.41, 5.74) is 1.22. The van der Waals surface area contributed by atoms with Crippen LogP contribution in [0.3, 0.4) is 0 Å². The molecule has 0 aliphatic rings. The first kappa shape index (κ1) is 7.98. The summed E-state index contributed by atoms with van der Waals surface area (Å²) in [7, 11) is 0. The van der Waals surface area contributed by atoms with E-state index in [1.54, 1.807) is 11.0 Å². The Morgan fingerprint density at radius 2 is 2.00 bits per heavy atom. The van der Waals surface area contributed by atoms with E-state index < -0.39 is 0 Å². The third-order valence-corrected chi connectivity index (χ3v) is 1.77. The van der Waals surface area contributed by atoms with Gasteiger partial charge in [0, 0.05) is 6.92 Å². The Bertz CT molecular complexity index is 378. The van der Waals surface area contributed by atoms with E-state index in [0.29, 0.717) is 5.82 Å². The molecule has 1 radical (unpaired) electrons. The standard InChI is InChI=1S/C10H10N3/c1-9-11-8-13(12-9)7-10-5-3-2-4-6-10/h2-6,8H,1,7H2. The lowest BCUT2D eigenvalue weighted by Crippen LogP contribution is -1.99. The molecule has 1 heterocycles. The fraction of sp³-hybridized carbons (Fsp3) is 0.100. The highest BCUT2D eigenvalue weighted by molar-refractivity contribution is 5.14. The Morgan fingerprint density at radius 3 is 2.62 bits per heavy atom. The van der Waals surface area contributed by atoms with Gasteiger partial charge in [0.2, 0.25) is 0 Å². The molecule has 0 atom stereocenters. The van der Waals surface area contributed by atoms with Crippen LogP contribution in [0.25, 0.3) is 0 Å². The molecule has 0 aliphatic heterocycles. The molecule has 0 amide bonds. The first-order valence-corrected chi connectivity index (χ1v) is 4.10. The third kappa shape index (κ3) is 1.93. The van der Waals surface area contributed by atoms with Crippen molar-refractivity contribution in [3.8, 4) is 0 Å². The predicted molar refractivity (Wildman–Crippen MR) is 50.0 cm³/mol. The van der Waals surface area contributed by atoms with Crippen LogP contribution in [0.5, 0.6) is 0 Å². The Balaban J connectivity index is 2.15. The molecule has 1 aromatic heterocycles. The molecular weight excluding hydrogens is 162 g/mol. The normalized spacial score (nSPS) is 10.2. The lowest BCUT2D eigenvalue weighted by atomic mass is 10.2. The van der Waals surface area contributed by atoms with E-state index >= 15 is 0 Å². The largest absolute Gasteiger partial charge is 0.248 e. The van der Waals surface area contributed by atoms with Crippen LogP contribution in [0.4, 0.5) is 0 Å². The zero-order valence-corrected chi connectivity index (χ0v) is 7.22. The van der Waals surface area contributed by atoms with Gasteiger partial charge in [-0.3, -0.25) is 0 Å². The van der Waals surface area contributed by atoms with Crippen molar-refractivity contribution in [2.75, 3.05) is 0 Å². The van der Waals surface area contributed by atoms with Crippen LogP contribution in [-0.2, 0) is 6.54 Å². The molecule has 13 heavy (non-hydrogen) atoms. The Hall–Kier alpha value is -1.64. The van der Waals surface area contributed by atoms with Crippen molar-refractivity contribution in [3.63, 3.8) is 0 Å². The van der Waals surface area contributed by atoms with Gasteiger partial charge in [-0.1, -0.05) is 30.3 Å². The summed E-state index contributed by atoms with van der Waals surface area (Å²) in [6.45, 7) is 4.39. The maximum Gasteiger partial charge on any atom is 0.151 e. The first-order chi connectivity index (χ1) is 6.34. The summed E-state index contributed by atoms with van der Waals surface area (Å²) in [4.78, 5) is 3.95. The fourth-order valence-electron chi connectivity index (χ4n) is 1.18. The smallest absolute Gasteiger partial charge is 0.151 e. The Labute approximate surface area is 77.0 Å². The molecule has 0 saturated heterocycles. The van der Waals surface area contributed by atoms with Crippen molar-refractivity contribution in [3.05, 3.63) is 55.0 Å². The summed E-state index contributed by atoms with van der Waals surface area (Å²) in [5, 5.41) is 4.10. The first-order valence-electron chi connectivity index (χ1n) is 4.10. The highest BCUT2D eigenvalue weighted by Crippen LogP contribution is 2.00. The molecule has 0 spiro atoms. The van der Waals surface area contributed by atoms with Gasteiger partial charge in [0.1, 0.15) is 6.33 Å². The van der Waals surface area contributed by atoms with Crippen LogP contribution >= 0.6 is 0 Å². The van der Waals surface area contributed by atoms with Crippen LogP contribution < -0.4 is 0 Å². The van der Waals surface area contributed by atoms with Crippen molar-refractivity contribution in [1.82, 2.24) is 14.8 Å². The van der Waals surface area contributed by atoms with Gasteiger partial charge in [0.25, 0.3) is 0 Å². The zero-order chi connectivity index (χ0) is 9.10. The molecule has 2 aromatic rings. The van der Waals surface area contributed by atoms with E-state index in [9.17, 15) is 0 Å². The van der Waals surface area contributed by atoms with Gasteiger partial charge >= 0.3 is 0 Å².